The van der Waals surface area contributed by atoms with Gasteiger partial charge in [-0.15, -0.1) is 0 Å². The van der Waals surface area contributed by atoms with Gasteiger partial charge in [-0.25, -0.2) is 0 Å². The molecule has 2 rings (SSSR count). The average Bonchev–Trinajstić information content (AvgIpc) is 2.64. The highest BCUT2D eigenvalue weighted by Crippen LogP contribution is 2.28. The topological polar surface area (TPSA) is 13.1 Å². The second-order valence-electron chi connectivity index (χ2n) is 4.96. The van der Waals surface area contributed by atoms with E-state index in [0.29, 0.717) is 0 Å². The highest BCUT2D eigenvalue weighted by atomic mass is 79.9. The van der Waals surface area contributed by atoms with E-state index in [9.17, 15) is 0 Å². The van der Waals surface area contributed by atoms with Crippen LogP contribution in [0.2, 0.25) is 0 Å². The minimum absolute atomic E-state index is 0.197. The van der Waals surface area contributed by atoms with E-state index < -0.39 is 0 Å². The van der Waals surface area contributed by atoms with Gasteiger partial charge in [0, 0.05) is 5.56 Å². The van der Waals surface area contributed by atoms with E-state index in [0.717, 1.165) is 15.8 Å². The summed E-state index contributed by atoms with van der Waals surface area (Å²) < 4.78 is 6.40. The highest BCUT2D eigenvalue weighted by molar-refractivity contribution is 9.10. The van der Waals surface area contributed by atoms with Gasteiger partial charge in [0.1, 0.15) is 12.0 Å². The van der Waals surface area contributed by atoms with Crippen molar-refractivity contribution in [1.29, 1.82) is 0 Å². The van der Waals surface area contributed by atoms with Gasteiger partial charge < -0.3 is 4.42 Å². The second kappa shape index (κ2) is 4.10. The first-order valence-corrected chi connectivity index (χ1v) is 6.11. The van der Waals surface area contributed by atoms with Gasteiger partial charge in [0.2, 0.25) is 0 Å². The molecule has 1 aromatic carbocycles. The third-order valence-corrected chi connectivity index (χ3v) is 3.02. The predicted molar refractivity (Wildman–Crippen MR) is 70.5 cm³/mol. The lowest BCUT2D eigenvalue weighted by molar-refractivity contribution is 0.579. The summed E-state index contributed by atoms with van der Waals surface area (Å²) >= 11 is 3.38. The number of benzene rings is 1. The van der Waals surface area contributed by atoms with Gasteiger partial charge in [0.05, 0.1) is 4.47 Å². The Morgan fingerprint density at radius 2 is 1.69 bits per heavy atom. The third kappa shape index (κ3) is 2.38. The van der Waals surface area contributed by atoms with Gasteiger partial charge in [0.15, 0.2) is 0 Å². The number of hydrogen-bond donors (Lipinski definition) is 0. The minimum atomic E-state index is 0.197. The van der Waals surface area contributed by atoms with Crippen LogP contribution in [0.15, 0.2) is 45.5 Å². The van der Waals surface area contributed by atoms with Crippen molar-refractivity contribution in [1.82, 2.24) is 0 Å². The molecule has 0 aliphatic carbocycles. The molecule has 84 valence electrons. The quantitative estimate of drug-likeness (QED) is 0.715. The highest BCUT2D eigenvalue weighted by Gasteiger charge is 2.13. The molecule has 0 saturated heterocycles. The lowest BCUT2D eigenvalue weighted by atomic mass is 9.86. The van der Waals surface area contributed by atoms with Crippen molar-refractivity contribution in [2.45, 2.75) is 26.2 Å². The van der Waals surface area contributed by atoms with Crippen LogP contribution in [0.25, 0.3) is 11.3 Å². The molecule has 0 bridgehead atoms. The normalized spacial score (nSPS) is 11.8. The molecule has 2 aromatic rings. The maximum atomic E-state index is 5.43. The smallest absolute Gasteiger partial charge is 0.135 e. The van der Waals surface area contributed by atoms with Crippen LogP contribution in [-0.2, 0) is 5.41 Å². The number of rotatable bonds is 1. The molecule has 0 aliphatic rings. The van der Waals surface area contributed by atoms with Gasteiger partial charge >= 0.3 is 0 Å². The van der Waals surface area contributed by atoms with E-state index in [1.165, 1.54) is 5.56 Å². The fraction of sp³-hybridized carbons (Fsp3) is 0.286. The molecular weight excluding hydrogens is 264 g/mol. The van der Waals surface area contributed by atoms with Crippen LogP contribution in [0.4, 0.5) is 0 Å². The molecule has 2 heteroatoms. The molecule has 0 atom stereocenters. The standard InChI is InChI=1S/C14H15BrO/c1-14(2,3)11-6-4-10(5-7-11)13-8-12(15)9-16-13/h4-9H,1-3H3. The summed E-state index contributed by atoms with van der Waals surface area (Å²) in [7, 11) is 0. The molecule has 0 saturated carbocycles. The number of hydrogen-bond acceptors (Lipinski definition) is 1. The molecule has 0 fully saturated rings. The van der Waals surface area contributed by atoms with Gasteiger partial charge in [-0.3, -0.25) is 0 Å². The Bertz CT molecular complexity index is 474. The number of halogens is 1. The van der Waals surface area contributed by atoms with Crippen molar-refractivity contribution >= 4 is 15.9 Å². The van der Waals surface area contributed by atoms with E-state index >= 15 is 0 Å². The summed E-state index contributed by atoms with van der Waals surface area (Å²) in [6.07, 6.45) is 1.70. The van der Waals surface area contributed by atoms with Gasteiger partial charge in [0.25, 0.3) is 0 Å². The third-order valence-electron chi connectivity index (χ3n) is 2.60. The van der Waals surface area contributed by atoms with Crippen molar-refractivity contribution in [3.05, 3.63) is 46.6 Å². The minimum Gasteiger partial charge on any atom is -0.463 e. The molecule has 1 heterocycles. The SMILES string of the molecule is CC(C)(C)c1ccc(-c2cc(Br)co2)cc1. The molecule has 0 unspecified atom stereocenters. The summed E-state index contributed by atoms with van der Waals surface area (Å²) in [5.41, 5.74) is 2.64. The van der Waals surface area contributed by atoms with Crippen molar-refractivity contribution in [3.8, 4) is 11.3 Å². The van der Waals surface area contributed by atoms with Gasteiger partial charge in [-0.05, 0) is 33.0 Å². The number of furan rings is 1. The Balaban J connectivity index is 2.33. The molecule has 1 nitrogen and oxygen atoms in total. The maximum absolute atomic E-state index is 5.43. The van der Waals surface area contributed by atoms with Crippen molar-refractivity contribution < 1.29 is 4.42 Å². The first-order valence-electron chi connectivity index (χ1n) is 5.32. The Labute approximate surface area is 105 Å². The summed E-state index contributed by atoms with van der Waals surface area (Å²) in [6.45, 7) is 6.64. The van der Waals surface area contributed by atoms with Crippen molar-refractivity contribution in [2.75, 3.05) is 0 Å². The summed E-state index contributed by atoms with van der Waals surface area (Å²) in [6, 6.07) is 10.5. The van der Waals surface area contributed by atoms with E-state index in [-0.39, 0.29) is 5.41 Å². The van der Waals surface area contributed by atoms with E-state index in [1.807, 2.05) is 6.07 Å². The van der Waals surface area contributed by atoms with Crippen molar-refractivity contribution in [3.63, 3.8) is 0 Å². The van der Waals surface area contributed by atoms with Crippen LogP contribution in [-0.4, -0.2) is 0 Å². The lowest BCUT2D eigenvalue weighted by Gasteiger charge is -2.18. The fourth-order valence-electron chi connectivity index (χ4n) is 1.60. The average molecular weight is 279 g/mol. The predicted octanol–water partition coefficient (Wildman–Crippen LogP) is 5.01. The van der Waals surface area contributed by atoms with Crippen LogP contribution < -0.4 is 0 Å². The van der Waals surface area contributed by atoms with E-state index in [1.54, 1.807) is 6.26 Å². The monoisotopic (exact) mass is 278 g/mol. The molecule has 0 radical (unpaired) electrons. The summed E-state index contributed by atoms with van der Waals surface area (Å²) in [5, 5.41) is 0. The largest absolute Gasteiger partial charge is 0.463 e. The summed E-state index contributed by atoms with van der Waals surface area (Å²) in [4.78, 5) is 0. The molecule has 0 spiro atoms. The van der Waals surface area contributed by atoms with E-state index in [4.69, 9.17) is 4.42 Å². The van der Waals surface area contributed by atoms with Crippen LogP contribution in [0, 0.1) is 0 Å². The molecule has 0 aliphatic heterocycles. The molecule has 0 amide bonds. The van der Waals surface area contributed by atoms with Crippen LogP contribution in [0.5, 0.6) is 0 Å². The Morgan fingerprint density at radius 1 is 1.06 bits per heavy atom. The van der Waals surface area contributed by atoms with Gasteiger partial charge in [-0.1, -0.05) is 45.0 Å². The molecule has 16 heavy (non-hydrogen) atoms. The molecule has 1 aromatic heterocycles. The fourth-order valence-corrected chi connectivity index (χ4v) is 1.90. The summed E-state index contributed by atoms with van der Waals surface area (Å²) in [5.74, 6) is 0.896. The van der Waals surface area contributed by atoms with Crippen LogP contribution in [0.3, 0.4) is 0 Å². The zero-order valence-electron chi connectivity index (χ0n) is 9.75. The Hall–Kier alpha value is -1.02. The Morgan fingerprint density at radius 3 is 2.12 bits per heavy atom. The Kier molecular flexibility index (Phi) is 2.94. The van der Waals surface area contributed by atoms with E-state index in [2.05, 4.69) is 61.0 Å². The zero-order valence-corrected chi connectivity index (χ0v) is 11.3. The van der Waals surface area contributed by atoms with Crippen LogP contribution >= 0.6 is 15.9 Å². The zero-order chi connectivity index (χ0) is 11.8. The lowest BCUT2D eigenvalue weighted by Crippen LogP contribution is -2.10. The second-order valence-corrected chi connectivity index (χ2v) is 5.87. The molecule has 0 N–H and O–H groups in total. The molecular formula is C14H15BrO. The van der Waals surface area contributed by atoms with Gasteiger partial charge in [-0.2, -0.15) is 0 Å². The first-order chi connectivity index (χ1) is 7.47. The van der Waals surface area contributed by atoms with Crippen molar-refractivity contribution in [2.24, 2.45) is 0 Å². The van der Waals surface area contributed by atoms with Crippen LogP contribution in [0.1, 0.15) is 26.3 Å². The first kappa shape index (κ1) is 11.5. The maximum Gasteiger partial charge on any atom is 0.135 e.